The summed E-state index contributed by atoms with van der Waals surface area (Å²) in [4.78, 5) is 27.3. The topological polar surface area (TPSA) is 79.4 Å². The number of rotatable bonds is 4. The Morgan fingerprint density at radius 1 is 1.17 bits per heavy atom. The third kappa shape index (κ3) is 2.68. The SMILES string of the molecule is CCOc1ccc2[nH]c(-c3ccccc3)c(C(=O)O)c(=O)c2c1. The van der Waals surface area contributed by atoms with Crippen molar-refractivity contribution in [3.05, 3.63) is 64.3 Å². The second-order valence-electron chi connectivity index (χ2n) is 5.02. The molecule has 0 unspecified atom stereocenters. The molecule has 2 N–H and O–H groups in total. The average Bonchev–Trinajstić information content (AvgIpc) is 2.56. The van der Waals surface area contributed by atoms with Gasteiger partial charge < -0.3 is 14.8 Å². The van der Waals surface area contributed by atoms with Crippen molar-refractivity contribution in [3.63, 3.8) is 0 Å². The van der Waals surface area contributed by atoms with Crippen LogP contribution < -0.4 is 10.2 Å². The van der Waals surface area contributed by atoms with Crippen LogP contribution in [-0.4, -0.2) is 22.7 Å². The van der Waals surface area contributed by atoms with Crippen molar-refractivity contribution in [1.29, 1.82) is 0 Å². The number of aromatic nitrogens is 1. The second kappa shape index (κ2) is 5.96. The Morgan fingerprint density at radius 3 is 2.57 bits per heavy atom. The van der Waals surface area contributed by atoms with Gasteiger partial charge in [0.25, 0.3) is 0 Å². The minimum absolute atomic E-state index is 0.266. The monoisotopic (exact) mass is 309 g/mol. The fraction of sp³-hybridized carbons (Fsp3) is 0.111. The number of fused-ring (bicyclic) bond motifs is 1. The molecule has 23 heavy (non-hydrogen) atoms. The number of aromatic carboxylic acids is 1. The molecule has 0 fully saturated rings. The largest absolute Gasteiger partial charge is 0.494 e. The summed E-state index contributed by atoms with van der Waals surface area (Å²) in [5, 5.41) is 9.79. The van der Waals surface area contributed by atoms with E-state index in [2.05, 4.69) is 4.98 Å². The van der Waals surface area contributed by atoms with Crippen LogP contribution in [0.15, 0.2) is 53.3 Å². The van der Waals surface area contributed by atoms with Crippen LogP contribution in [0.5, 0.6) is 5.75 Å². The maximum absolute atomic E-state index is 12.7. The average molecular weight is 309 g/mol. The maximum Gasteiger partial charge on any atom is 0.341 e. The number of carboxylic acids is 1. The number of ether oxygens (including phenoxy) is 1. The Bertz CT molecular complexity index is 929. The summed E-state index contributed by atoms with van der Waals surface area (Å²) in [7, 11) is 0. The van der Waals surface area contributed by atoms with Crippen LogP contribution in [0.3, 0.4) is 0 Å². The number of benzene rings is 2. The highest BCUT2D eigenvalue weighted by molar-refractivity contribution is 5.99. The highest BCUT2D eigenvalue weighted by Gasteiger charge is 2.19. The molecule has 5 heteroatoms. The van der Waals surface area contributed by atoms with Gasteiger partial charge in [0.15, 0.2) is 0 Å². The lowest BCUT2D eigenvalue weighted by Crippen LogP contribution is -2.18. The van der Waals surface area contributed by atoms with E-state index in [1.165, 1.54) is 0 Å². The Balaban J connectivity index is 2.34. The summed E-state index contributed by atoms with van der Waals surface area (Å²) in [5.74, 6) is -0.719. The molecule has 0 atom stereocenters. The third-order valence-electron chi connectivity index (χ3n) is 3.56. The number of carbonyl (C=O) groups is 1. The van der Waals surface area contributed by atoms with E-state index in [0.717, 1.165) is 0 Å². The summed E-state index contributed by atoms with van der Waals surface area (Å²) < 4.78 is 5.38. The molecule has 0 radical (unpaired) electrons. The highest BCUT2D eigenvalue weighted by atomic mass is 16.5. The molecule has 0 bridgehead atoms. The van der Waals surface area contributed by atoms with Crippen molar-refractivity contribution in [2.24, 2.45) is 0 Å². The normalized spacial score (nSPS) is 10.7. The van der Waals surface area contributed by atoms with Crippen molar-refractivity contribution in [2.75, 3.05) is 6.61 Å². The van der Waals surface area contributed by atoms with Gasteiger partial charge in [0.1, 0.15) is 11.3 Å². The first-order chi connectivity index (χ1) is 11.1. The zero-order valence-corrected chi connectivity index (χ0v) is 12.5. The number of nitrogens with one attached hydrogen (secondary N) is 1. The van der Waals surface area contributed by atoms with Crippen LogP contribution in [0.25, 0.3) is 22.2 Å². The van der Waals surface area contributed by atoms with Gasteiger partial charge in [-0.25, -0.2) is 4.79 Å². The van der Waals surface area contributed by atoms with Crippen LogP contribution in [0.2, 0.25) is 0 Å². The summed E-state index contributed by atoms with van der Waals surface area (Å²) in [5.41, 5.74) is 0.740. The highest BCUT2D eigenvalue weighted by Crippen LogP contribution is 2.24. The van der Waals surface area contributed by atoms with Crippen LogP contribution in [-0.2, 0) is 0 Å². The van der Waals surface area contributed by atoms with Gasteiger partial charge in [0, 0.05) is 0 Å². The summed E-state index contributed by atoms with van der Waals surface area (Å²) >= 11 is 0. The van der Waals surface area contributed by atoms with Gasteiger partial charge in [-0.15, -0.1) is 0 Å². The Kier molecular flexibility index (Phi) is 3.85. The number of aromatic amines is 1. The van der Waals surface area contributed by atoms with Crippen molar-refractivity contribution < 1.29 is 14.6 Å². The first-order valence-electron chi connectivity index (χ1n) is 7.23. The van der Waals surface area contributed by atoms with E-state index < -0.39 is 11.4 Å². The summed E-state index contributed by atoms with van der Waals surface area (Å²) in [6, 6.07) is 14.0. The van der Waals surface area contributed by atoms with Gasteiger partial charge in [0.05, 0.1) is 23.2 Å². The van der Waals surface area contributed by atoms with Crippen LogP contribution in [0, 0.1) is 0 Å². The van der Waals surface area contributed by atoms with Gasteiger partial charge in [-0.2, -0.15) is 0 Å². The molecule has 0 spiro atoms. The first-order valence-corrected chi connectivity index (χ1v) is 7.23. The number of pyridine rings is 1. The predicted octanol–water partition coefficient (Wildman–Crippen LogP) is 3.29. The van der Waals surface area contributed by atoms with Crippen molar-refractivity contribution >= 4 is 16.9 Å². The van der Waals surface area contributed by atoms with E-state index in [9.17, 15) is 14.7 Å². The molecular formula is C18H15NO4. The lowest BCUT2D eigenvalue weighted by Gasteiger charge is -2.10. The third-order valence-corrected chi connectivity index (χ3v) is 3.56. The molecule has 3 aromatic rings. The molecule has 5 nitrogen and oxygen atoms in total. The van der Waals surface area contributed by atoms with Crippen molar-refractivity contribution in [3.8, 4) is 17.0 Å². The second-order valence-corrected chi connectivity index (χ2v) is 5.02. The Hall–Kier alpha value is -3.08. The van der Waals surface area contributed by atoms with E-state index in [-0.39, 0.29) is 5.56 Å². The first kappa shape index (κ1) is 14.8. The number of hydrogen-bond acceptors (Lipinski definition) is 3. The van der Waals surface area contributed by atoms with E-state index in [1.54, 1.807) is 42.5 Å². The molecule has 1 aromatic heterocycles. The Labute approximate surface area is 132 Å². The van der Waals surface area contributed by atoms with Crippen molar-refractivity contribution in [2.45, 2.75) is 6.92 Å². The maximum atomic E-state index is 12.7. The lowest BCUT2D eigenvalue weighted by molar-refractivity contribution is 0.0696. The standard InChI is InChI=1S/C18H15NO4/c1-2-23-12-8-9-14-13(10-12)17(20)15(18(21)22)16(19-14)11-6-4-3-5-7-11/h3-10H,2H2,1H3,(H,19,20)(H,21,22). The van der Waals surface area contributed by atoms with Gasteiger partial charge in [-0.3, -0.25) is 4.79 Å². The molecular weight excluding hydrogens is 294 g/mol. The molecule has 0 aliphatic rings. The molecule has 116 valence electrons. The zero-order valence-electron chi connectivity index (χ0n) is 12.5. The number of H-pyrrole nitrogens is 1. The smallest absolute Gasteiger partial charge is 0.341 e. The van der Waals surface area contributed by atoms with E-state index in [1.807, 2.05) is 13.0 Å². The Morgan fingerprint density at radius 2 is 1.91 bits per heavy atom. The molecule has 1 heterocycles. The number of hydrogen-bond donors (Lipinski definition) is 2. The molecule has 0 aliphatic carbocycles. The number of carboxylic acid groups (broad SMARTS) is 1. The van der Waals surface area contributed by atoms with E-state index in [0.29, 0.717) is 34.5 Å². The van der Waals surface area contributed by atoms with Gasteiger partial charge in [-0.1, -0.05) is 30.3 Å². The van der Waals surface area contributed by atoms with Crippen LogP contribution in [0.1, 0.15) is 17.3 Å². The molecule has 0 saturated heterocycles. The minimum atomic E-state index is -1.26. The van der Waals surface area contributed by atoms with E-state index in [4.69, 9.17) is 4.74 Å². The van der Waals surface area contributed by atoms with Crippen LogP contribution >= 0.6 is 0 Å². The van der Waals surface area contributed by atoms with Crippen LogP contribution in [0.4, 0.5) is 0 Å². The quantitative estimate of drug-likeness (QED) is 0.775. The molecule has 0 amide bonds. The van der Waals surface area contributed by atoms with E-state index >= 15 is 0 Å². The van der Waals surface area contributed by atoms with Gasteiger partial charge in [-0.05, 0) is 30.7 Å². The fourth-order valence-corrected chi connectivity index (χ4v) is 2.55. The summed E-state index contributed by atoms with van der Waals surface area (Å²) in [6.45, 7) is 2.31. The van der Waals surface area contributed by atoms with Gasteiger partial charge >= 0.3 is 5.97 Å². The van der Waals surface area contributed by atoms with Crippen molar-refractivity contribution in [1.82, 2.24) is 4.98 Å². The fourth-order valence-electron chi connectivity index (χ4n) is 2.55. The molecule has 3 rings (SSSR count). The summed E-state index contributed by atoms with van der Waals surface area (Å²) in [6.07, 6.45) is 0. The molecule has 0 saturated carbocycles. The lowest BCUT2D eigenvalue weighted by atomic mass is 10.0. The zero-order chi connectivity index (χ0) is 16.4. The predicted molar refractivity (Wildman–Crippen MR) is 88.1 cm³/mol. The molecule has 0 aliphatic heterocycles. The molecule has 2 aromatic carbocycles. The minimum Gasteiger partial charge on any atom is -0.494 e. The van der Waals surface area contributed by atoms with Gasteiger partial charge in [0.2, 0.25) is 5.43 Å².